The fourth-order valence-corrected chi connectivity index (χ4v) is 4.81. The van der Waals surface area contributed by atoms with Crippen molar-refractivity contribution in [2.45, 2.75) is 38.6 Å². The molecule has 2 rings (SSSR count). The number of unbranched alkanes of at least 4 members (excludes halogenated alkanes) is 1. The summed E-state index contributed by atoms with van der Waals surface area (Å²) in [7, 11) is -1.53. The van der Waals surface area contributed by atoms with Crippen LogP contribution in [0.4, 0.5) is 0 Å². The largest absolute Gasteiger partial charge is 0.385 e. The van der Waals surface area contributed by atoms with Crippen molar-refractivity contribution in [2.24, 2.45) is 0 Å². The molecular weight excluding hydrogens is 286 g/mol. The maximum atomic E-state index is 12.6. The SMILES string of the molecule is COCCCCS(=O)(=O)N1CCC[C@@H]1c1ccccc1C. The Morgan fingerprint density at radius 1 is 1.29 bits per heavy atom. The van der Waals surface area contributed by atoms with Crippen LogP contribution in [0.5, 0.6) is 0 Å². The van der Waals surface area contributed by atoms with E-state index in [1.807, 2.05) is 12.1 Å². The number of hydrogen-bond acceptors (Lipinski definition) is 3. The Morgan fingerprint density at radius 3 is 2.76 bits per heavy atom. The number of benzene rings is 1. The number of hydrogen-bond donors (Lipinski definition) is 0. The van der Waals surface area contributed by atoms with E-state index in [9.17, 15) is 8.42 Å². The number of sulfonamides is 1. The molecule has 0 spiro atoms. The molecule has 0 radical (unpaired) electrons. The first-order valence-corrected chi connectivity index (χ1v) is 9.21. The van der Waals surface area contributed by atoms with Crippen LogP contribution in [-0.2, 0) is 14.8 Å². The Kier molecular flexibility index (Phi) is 5.79. The number of rotatable bonds is 7. The fourth-order valence-electron chi connectivity index (χ4n) is 2.99. The summed E-state index contributed by atoms with van der Waals surface area (Å²) in [5.41, 5.74) is 2.32. The monoisotopic (exact) mass is 311 g/mol. The van der Waals surface area contributed by atoms with Crippen molar-refractivity contribution in [3.05, 3.63) is 35.4 Å². The molecule has 1 aromatic rings. The smallest absolute Gasteiger partial charge is 0.214 e. The van der Waals surface area contributed by atoms with Gasteiger partial charge in [-0.25, -0.2) is 8.42 Å². The van der Waals surface area contributed by atoms with Crippen LogP contribution in [-0.4, -0.2) is 38.7 Å². The predicted molar refractivity (Wildman–Crippen MR) is 84.8 cm³/mol. The van der Waals surface area contributed by atoms with Crippen molar-refractivity contribution in [2.75, 3.05) is 26.0 Å². The van der Waals surface area contributed by atoms with Crippen LogP contribution in [0, 0.1) is 6.92 Å². The van der Waals surface area contributed by atoms with Gasteiger partial charge in [0.05, 0.1) is 5.75 Å². The van der Waals surface area contributed by atoms with Gasteiger partial charge < -0.3 is 4.74 Å². The first-order chi connectivity index (χ1) is 10.1. The highest BCUT2D eigenvalue weighted by molar-refractivity contribution is 7.89. The highest BCUT2D eigenvalue weighted by atomic mass is 32.2. The molecule has 1 atom stereocenters. The Labute approximate surface area is 128 Å². The zero-order chi connectivity index (χ0) is 15.3. The highest BCUT2D eigenvalue weighted by Crippen LogP contribution is 2.35. The third-order valence-corrected chi connectivity index (χ3v) is 6.07. The molecule has 1 aliphatic heterocycles. The highest BCUT2D eigenvalue weighted by Gasteiger charge is 2.35. The summed E-state index contributed by atoms with van der Waals surface area (Å²) in [5.74, 6) is 0.221. The topological polar surface area (TPSA) is 46.6 Å². The molecule has 0 aliphatic carbocycles. The molecule has 5 heteroatoms. The minimum absolute atomic E-state index is 0.0126. The quantitative estimate of drug-likeness (QED) is 0.727. The van der Waals surface area contributed by atoms with E-state index in [0.29, 0.717) is 19.6 Å². The molecule has 1 aliphatic rings. The van der Waals surface area contributed by atoms with Crippen LogP contribution in [0.1, 0.15) is 42.9 Å². The lowest BCUT2D eigenvalue weighted by atomic mass is 10.0. The Hall–Kier alpha value is -0.910. The predicted octanol–water partition coefficient (Wildman–Crippen LogP) is 2.89. The van der Waals surface area contributed by atoms with Crippen LogP contribution in [0.3, 0.4) is 0 Å². The van der Waals surface area contributed by atoms with E-state index in [0.717, 1.165) is 24.8 Å². The summed E-state index contributed by atoms with van der Waals surface area (Å²) in [4.78, 5) is 0. The van der Waals surface area contributed by atoms with E-state index in [4.69, 9.17) is 4.74 Å². The lowest BCUT2D eigenvalue weighted by molar-refractivity contribution is 0.194. The molecule has 1 heterocycles. The van der Waals surface area contributed by atoms with E-state index in [1.54, 1.807) is 11.4 Å². The molecule has 0 saturated carbocycles. The van der Waals surface area contributed by atoms with E-state index in [-0.39, 0.29) is 11.8 Å². The van der Waals surface area contributed by atoms with Crippen molar-refractivity contribution >= 4 is 10.0 Å². The number of methoxy groups -OCH3 is 1. The van der Waals surface area contributed by atoms with Crippen molar-refractivity contribution < 1.29 is 13.2 Å². The maximum Gasteiger partial charge on any atom is 0.214 e. The van der Waals surface area contributed by atoms with Crippen molar-refractivity contribution in [1.29, 1.82) is 0 Å². The van der Waals surface area contributed by atoms with Gasteiger partial charge in [-0.1, -0.05) is 24.3 Å². The van der Waals surface area contributed by atoms with Gasteiger partial charge in [0.15, 0.2) is 0 Å². The van der Waals surface area contributed by atoms with Gasteiger partial charge in [0.1, 0.15) is 0 Å². The fraction of sp³-hybridized carbons (Fsp3) is 0.625. The van der Waals surface area contributed by atoms with Crippen LogP contribution in [0.15, 0.2) is 24.3 Å². The summed E-state index contributed by atoms with van der Waals surface area (Å²) in [6.45, 7) is 3.32. The number of nitrogens with zero attached hydrogens (tertiary/aromatic N) is 1. The van der Waals surface area contributed by atoms with Crippen LogP contribution in [0.25, 0.3) is 0 Å². The van der Waals surface area contributed by atoms with Gasteiger partial charge in [0.2, 0.25) is 10.0 Å². The minimum atomic E-state index is -3.18. The lowest BCUT2D eigenvalue weighted by Gasteiger charge is -2.25. The summed E-state index contributed by atoms with van der Waals surface area (Å²) in [6, 6.07) is 8.11. The van der Waals surface area contributed by atoms with E-state index in [2.05, 4.69) is 19.1 Å². The molecule has 1 aromatic carbocycles. The molecule has 0 unspecified atom stereocenters. The number of ether oxygens (including phenoxy) is 1. The molecule has 0 bridgehead atoms. The van der Waals surface area contributed by atoms with E-state index >= 15 is 0 Å². The molecule has 0 N–H and O–H groups in total. The molecule has 0 aromatic heterocycles. The third-order valence-electron chi connectivity index (χ3n) is 4.11. The van der Waals surface area contributed by atoms with Gasteiger partial charge in [0.25, 0.3) is 0 Å². The second-order valence-corrected chi connectivity index (χ2v) is 7.68. The zero-order valence-corrected chi connectivity index (χ0v) is 13.7. The number of aryl methyl sites for hydroxylation is 1. The molecule has 4 nitrogen and oxygen atoms in total. The van der Waals surface area contributed by atoms with Crippen LogP contribution < -0.4 is 0 Å². The molecular formula is C16H25NO3S. The van der Waals surface area contributed by atoms with Gasteiger partial charge in [-0.05, 0) is 43.7 Å². The average molecular weight is 311 g/mol. The van der Waals surface area contributed by atoms with Crippen molar-refractivity contribution in [1.82, 2.24) is 4.31 Å². The molecule has 1 saturated heterocycles. The Morgan fingerprint density at radius 2 is 2.05 bits per heavy atom. The third kappa shape index (κ3) is 4.05. The van der Waals surface area contributed by atoms with Crippen LogP contribution in [0.2, 0.25) is 0 Å². The summed E-state index contributed by atoms with van der Waals surface area (Å²) in [5, 5.41) is 0. The molecule has 21 heavy (non-hydrogen) atoms. The van der Waals surface area contributed by atoms with E-state index < -0.39 is 10.0 Å². The molecule has 1 fully saturated rings. The minimum Gasteiger partial charge on any atom is -0.385 e. The van der Waals surface area contributed by atoms with Gasteiger partial charge in [-0.2, -0.15) is 4.31 Å². The van der Waals surface area contributed by atoms with Gasteiger partial charge in [-0.15, -0.1) is 0 Å². The summed E-state index contributed by atoms with van der Waals surface area (Å²) < 4.78 is 31.8. The van der Waals surface area contributed by atoms with Crippen molar-refractivity contribution in [3.8, 4) is 0 Å². The normalized spacial score (nSPS) is 20.0. The first kappa shape index (κ1) is 16.5. The van der Waals surface area contributed by atoms with Gasteiger partial charge in [-0.3, -0.25) is 0 Å². The second kappa shape index (κ2) is 7.38. The molecule has 0 amide bonds. The standard InChI is InChI=1S/C16H25NO3S/c1-14-8-3-4-9-15(14)16-10-7-11-17(16)21(18,19)13-6-5-12-20-2/h3-4,8-9,16H,5-7,10-13H2,1-2H3/t16-/m1/s1. The first-order valence-electron chi connectivity index (χ1n) is 7.60. The average Bonchev–Trinajstić information content (AvgIpc) is 2.94. The van der Waals surface area contributed by atoms with Crippen LogP contribution >= 0.6 is 0 Å². The molecule has 118 valence electrons. The van der Waals surface area contributed by atoms with Gasteiger partial charge >= 0.3 is 0 Å². The maximum absolute atomic E-state index is 12.6. The van der Waals surface area contributed by atoms with Crippen molar-refractivity contribution in [3.63, 3.8) is 0 Å². The van der Waals surface area contributed by atoms with E-state index in [1.165, 1.54) is 5.56 Å². The summed E-state index contributed by atoms with van der Waals surface area (Å²) >= 11 is 0. The van der Waals surface area contributed by atoms with Gasteiger partial charge in [0, 0.05) is 26.3 Å². The zero-order valence-electron chi connectivity index (χ0n) is 12.9. The lowest BCUT2D eigenvalue weighted by Crippen LogP contribution is -2.33. The second-order valence-electron chi connectivity index (χ2n) is 5.64. The Balaban J connectivity index is 2.09. The summed E-state index contributed by atoms with van der Waals surface area (Å²) in [6.07, 6.45) is 3.31. The Bertz CT molecular complexity index is 556.